The Hall–Kier alpha value is -1.66. The van der Waals surface area contributed by atoms with E-state index in [9.17, 15) is 0 Å². The first kappa shape index (κ1) is 13.3. The highest BCUT2D eigenvalue weighted by molar-refractivity contribution is 4.92. The third-order valence-corrected chi connectivity index (χ3v) is 3.72. The van der Waals surface area contributed by atoms with Crippen LogP contribution in [0, 0.1) is 0 Å². The molecule has 0 unspecified atom stereocenters. The minimum atomic E-state index is 0.725. The van der Waals surface area contributed by atoms with Crippen LogP contribution in [-0.4, -0.2) is 57.7 Å². The minimum absolute atomic E-state index is 0.725. The number of aromatic nitrogens is 3. The maximum atomic E-state index is 5.31. The first-order valence-electron chi connectivity index (χ1n) is 7.13. The molecular formula is C14H21N5O. The van der Waals surface area contributed by atoms with Crippen molar-refractivity contribution < 1.29 is 4.52 Å². The topological polar surface area (TPSA) is 50.3 Å². The van der Waals surface area contributed by atoms with Crippen LogP contribution < -0.4 is 0 Å². The molecule has 0 bridgehead atoms. The third kappa shape index (κ3) is 3.46. The summed E-state index contributed by atoms with van der Waals surface area (Å²) in [7, 11) is 2.16. The van der Waals surface area contributed by atoms with Crippen LogP contribution >= 0.6 is 0 Å². The van der Waals surface area contributed by atoms with Crippen LogP contribution in [0.1, 0.15) is 11.7 Å². The molecule has 2 aromatic rings. The van der Waals surface area contributed by atoms with Crippen LogP contribution in [0.3, 0.4) is 0 Å². The lowest BCUT2D eigenvalue weighted by atomic mass is 10.3. The molecule has 3 rings (SSSR count). The summed E-state index contributed by atoms with van der Waals surface area (Å²) in [5.41, 5.74) is 0. The number of nitrogens with zero attached hydrogens (tertiary/aromatic N) is 5. The van der Waals surface area contributed by atoms with Crippen molar-refractivity contribution in [2.24, 2.45) is 0 Å². The highest BCUT2D eigenvalue weighted by Gasteiger charge is 2.16. The largest absolute Gasteiger partial charge is 0.354 e. The first-order chi connectivity index (χ1) is 9.79. The van der Waals surface area contributed by atoms with E-state index in [-0.39, 0.29) is 0 Å². The fraction of sp³-hybridized carbons (Fsp3) is 0.571. The summed E-state index contributed by atoms with van der Waals surface area (Å²) in [5.74, 6) is 1.53. The fourth-order valence-electron chi connectivity index (χ4n) is 2.41. The van der Waals surface area contributed by atoms with Gasteiger partial charge in [0.1, 0.15) is 0 Å². The van der Waals surface area contributed by atoms with Gasteiger partial charge in [0, 0.05) is 51.5 Å². The molecule has 1 aliphatic heterocycles. The summed E-state index contributed by atoms with van der Waals surface area (Å²) in [6.07, 6.45) is 4.87. The van der Waals surface area contributed by atoms with E-state index in [2.05, 4.69) is 31.6 Å². The highest BCUT2D eigenvalue weighted by atomic mass is 16.5. The summed E-state index contributed by atoms with van der Waals surface area (Å²) < 4.78 is 7.43. The second-order valence-corrected chi connectivity index (χ2v) is 5.35. The van der Waals surface area contributed by atoms with Crippen molar-refractivity contribution in [2.75, 3.05) is 33.2 Å². The molecule has 0 N–H and O–H groups in total. The van der Waals surface area contributed by atoms with Crippen LogP contribution in [0.2, 0.25) is 0 Å². The molecular weight excluding hydrogens is 254 g/mol. The summed E-state index contributed by atoms with van der Waals surface area (Å²) >= 11 is 0. The number of hydrogen-bond acceptors (Lipinski definition) is 5. The van der Waals surface area contributed by atoms with Crippen LogP contribution in [-0.2, 0) is 19.5 Å². The van der Waals surface area contributed by atoms with Crippen LogP contribution in [0.15, 0.2) is 29.0 Å². The lowest BCUT2D eigenvalue weighted by molar-refractivity contribution is 0.144. The van der Waals surface area contributed by atoms with Crippen molar-refractivity contribution in [2.45, 2.75) is 19.5 Å². The van der Waals surface area contributed by atoms with Gasteiger partial charge >= 0.3 is 0 Å². The van der Waals surface area contributed by atoms with E-state index in [1.165, 1.54) is 0 Å². The molecule has 20 heavy (non-hydrogen) atoms. The maximum Gasteiger partial charge on any atom is 0.228 e. The van der Waals surface area contributed by atoms with Gasteiger partial charge in [-0.15, -0.1) is 0 Å². The molecule has 0 aliphatic carbocycles. The Morgan fingerprint density at radius 1 is 1.15 bits per heavy atom. The molecule has 0 aromatic carbocycles. The van der Waals surface area contributed by atoms with Gasteiger partial charge in [0.15, 0.2) is 5.82 Å². The summed E-state index contributed by atoms with van der Waals surface area (Å²) in [6, 6.07) is 4.04. The van der Waals surface area contributed by atoms with E-state index >= 15 is 0 Å². The highest BCUT2D eigenvalue weighted by Crippen LogP contribution is 2.06. The van der Waals surface area contributed by atoms with E-state index < -0.39 is 0 Å². The van der Waals surface area contributed by atoms with Gasteiger partial charge in [-0.2, -0.15) is 4.98 Å². The Morgan fingerprint density at radius 2 is 1.90 bits per heavy atom. The Balaban J connectivity index is 1.49. The monoisotopic (exact) mass is 275 g/mol. The zero-order valence-corrected chi connectivity index (χ0v) is 11.9. The molecule has 0 amide bonds. The molecule has 0 saturated carbocycles. The third-order valence-electron chi connectivity index (χ3n) is 3.72. The van der Waals surface area contributed by atoms with Gasteiger partial charge < -0.3 is 14.0 Å². The number of rotatable bonds is 5. The molecule has 1 aliphatic rings. The van der Waals surface area contributed by atoms with Gasteiger partial charge in [-0.05, 0) is 19.2 Å². The van der Waals surface area contributed by atoms with E-state index in [1.54, 1.807) is 0 Å². The smallest absolute Gasteiger partial charge is 0.228 e. The average molecular weight is 275 g/mol. The average Bonchev–Trinajstić information content (AvgIpc) is 3.10. The van der Waals surface area contributed by atoms with E-state index in [4.69, 9.17) is 4.52 Å². The Kier molecular flexibility index (Phi) is 4.13. The molecule has 3 heterocycles. The van der Waals surface area contributed by atoms with Gasteiger partial charge in [0.25, 0.3) is 0 Å². The van der Waals surface area contributed by atoms with E-state index in [1.807, 2.05) is 24.5 Å². The number of hydrogen-bond donors (Lipinski definition) is 0. The number of aryl methyl sites for hydroxylation is 2. The standard InChI is InChI=1S/C14H21N5O/c1-17-8-10-19(11-9-17)12-13-15-14(20-16-13)4-7-18-5-2-3-6-18/h2-3,5-6H,4,7-12H2,1H3. The van der Waals surface area contributed by atoms with Crippen LogP contribution in [0.5, 0.6) is 0 Å². The summed E-state index contributed by atoms with van der Waals surface area (Å²) in [6.45, 7) is 6.04. The lowest BCUT2D eigenvalue weighted by Crippen LogP contribution is -2.44. The van der Waals surface area contributed by atoms with Crippen molar-refractivity contribution in [1.29, 1.82) is 0 Å². The van der Waals surface area contributed by atoms with Crippen molar-refractivity contribution in [3.05, 3.63) is 36.2 Å². The van der Waals surface area contributed by atoms with Crippen LogP contribution in [0.4, 0.5) is 0 Å². The van der Waals surface area contributed by atoms with Gasteiger partial charge in [0.2, 0.25) is 5.89 Å². The molecule has 108 valence electrons. The maximum absolute atomic E-state index is 5.31. The summed E-state index contributed by atoms with van der Waals surface area (Å²) in [4.78, 5) is 9.19. The molecule has 0 spiro atoms. The van der Waals surface area contributed by atoms with Gasteiger partial charge in [-0.25, -0.2) is 0 Å². The predicted molar refractivity (Wildman–Crippen MR) is 75.2 cm³/mol. The first-order valence-corrected chi connectivity index (χ1v) is 7.13. The number of piperazine rings is 1. The molecule has 6 nitrogen and oxygen atoms in total. The minimum Gasteiger partial charge on any atom is -0.354 e. The van der Waals surface area contributed by atoms with Gasteiger partial charge in [-0.1, -0.05) is 5.16 Å². The molecule has 1 fully saturated rings. The predicted octanol–water partition coefficient (Wildman–Crippen LogP) is 0.861. The normalized spacial score (nSPS) is 17.6. The van der Waals surface area contributed by atoms with Crippen molar-refractivity contribution in [3.8, 4) is 0 Å². The molecule has 2 aromatic heterocycles. The van der Waals surface area contributed by atoms with Gasteiger partial charge in [-0.3, -0.25) is 4.90 Å². The fourth-order valence-corrected chi connectivity index (χ4v) is 2.41. The SMILES string of the molecule is CN1CCN(Cc2noc(CCn3cccc3)n2)CC1. The van der Waals surface area contributed by atoms with Crippen molar-refractivity contribution in [3.63, 3.8) is 0 Å². The Bertz CT molecular complexity index is 513. The zero-order valence-electron chi connectivity index (χ0n) is 11.9. The van der Waals surface area contributed by atoms with Gasteiger partial charge in [0.05, 0.1) is 6.54 Å². The molecule has 0 radical (unpaired) electrons. The number of likely N-dealkylation sites (N-methyl/N-ethyl adjacent to an activating group) is 1. The summed E-state index contributed by atoms with van der Waals surface area (Å²) in [5, 5.41) is 4.08. The second kappa shape index (κ2) is 6.19. The Morgan fingerprint density at radius 3 is 2.65 bits per heavy atom. The van der Waals surface area contributed by atoms with E-state index in [0.717, 1.165) is 57.4 Å². The quantitative estimate of drug-likeness (QED) is 0.810. The molecule has 6 heteroatoms. The van der Waals surface area contributed by atoms with E-state index in [0.29, 0.717) is 0 Å². The van der Waals surface area contributed by atoms with Crippen molar-refractivity contribution >= 4 is 0 Å². The molecule has 1 saturated heterocycles. The van der Waals surface area contributed by atoms with Crippen LogP contribution in [0.25, 0.3) is 0 Å². The molecule has 0 atom stereocenters. The lowest BCUT2D eigenvalue weighted by Gasteiger charge is -2.31. The second-order valence-electron chi connectivity index (χ2n) is 5.35. The van der Waals surface area contributed by atoms with Crippen molar-refractivity contribution in [1.82, 2.24) is 24.5 Å². The Labute approximate surface area is 119 Å². The zero-order chi connectivity index (χ0) is 13.8.